The molecule has 0 bridgehead atoms. The van der Waals surface area contributed by atoms with Crippen LogP contribution in [0.2, 0.25) is 0 Å². The third-order valence-electron chi connectivity index (χ3n) is 6.03. The van der Waals surface area contributed by atoms with Crippen molar-refractivity contribution in [1.29, 1.82) is 0 Å². The van der Waals surface area contributed by atoms with E-state index >= 15 is 0 Å². The molecule has 1 aromatic carbocycles. The van der Waals surface area contributed by atoms with Crippen LogP contribution in [0.5, 0.6) is 0 Å². The predicted molar refractivity (Wildman–Crippen MR) is 95.5 cm³/mol. The van der Waals surface area contributed by atoms with E-state index in [4.69, 9.17) is 9.47 Å². The van der Waals surface area contributed by atoms with Crippen molar-refractivity contribution in [3.63, 3.8) is 0 Å². The topological polar surface area (TPSA) is 51.7 Å². The Labute approximate surface area is 152 Å². The minimum absolute atomic E-state index is 0.0446. The van der Waals surface area contributed by atoms with Gasteiger partial charge < -0.3 is 14.4 Å². The van der Waals surface area contributed by atoms with Crippen LogP contribution in [0.15, 0.2) is 30.3 Å². The van der Waals surface area contributed by atoms with Gasteiger partial charge in [0.05, 0.1) is 17.7 Å². The Hall–Kier alpha value is -2.05. The number of rotatable bonds is 3. The number of carbonyl (C=O) groups excluding carboxylic acids is 1. The van der Waals surface area contributed by atoms with Crippen LogP contribution in [0, 0.1) is 5.82 Å². The van der Waals surface area contributed by atoms with Gasteiger partial charge in [0.25, 0.3) is 5.91 Å². The largest absolute Gasteiger partial charge is 0.381 e. The molecule has 2 aliphatic rings. The lowest BCUT2D eigenvalue weighted by Gasteiger charge is -2.43. The molecule has 6 heteroatoms. The van der Waals surface area contributed by atoms with Crippen LogP contribution in [-0.4, -0.2) is 54.3 Å². The first-order valence-corrected chi connectivity index (χ1v) is 9.02. The Balaban J connectivity index is 1.66. The van der Waals surface area contributed by atoms with E-state index in [2.05, 4.69) is 4.98 Å². The number of ether oxygens (including phenoxy) is 2. The summed E-state index contributed by atoms with van der Waals surface area (Å²) in [5, 5.41) is 0.686. The van der Waals surface area contributed by atoms with Gasteiger partial charge in [-0.3, -0.25) is 4.79 Å². The molecule has 138 valence electrons. The summed E-state index contributed by atoms with van der Waals surface area (Å²) in [4.78, 5) is 19.3. The van der Waals surface area contributed by atoms with Crippen LogP contribution in [0.3, 0.4) is 0 Å². The van der Waals surface area contributed by atoms with E-state index in [1.807, 2.05) is 4.90 Å². The fourth-order valence-corrected chi connectivity index (χ4v) is 4.50. The van der Waals surface area contributed by atoms with E-state index in [0.29, 0.717) is 11.9 Å². The number of methoxy groups -OCH3 is 2. The summed E-state index contributed by atoms with van der Waals surface area (Å²) in [7, 11) is 3.43. The molecular formula is C20H23FN2O3. The van der Waals surface area contributed by atoms with E-state index < -0.39 is 5.82 Å². The Bertz CT molecular complexity index is 843. The summed E-state index contributed by atoms with van der Waals surface area (Å²) in [5.41, 5.74) is 0.190. The summed E-state index contributed by atoms with van der Waals surface area (Å²) in [6.07, 6.45) is 3.48. The minimum Gasteiger partial charge on any atom is -0.381 e. The van der Waals surface area contributed by atoms with E-state index in [1.165, 1.54) is 6.07 Å². The summed E-state index contributed by atoms with van der Waals surface area (Å²) in [5.74, 6) is -0.585. The Morgan fingerprint density at radius 3 is 2.88 bits per heavy atom. The molecule has 1 amide bonds. The Kier molecular flexibility index (Phi) is 4.40. The highest BCUT2D eigenvalue weighted by molar-refractivity contribution is 5.95. The number of amides is 1. The molecule has 2 fully saturated rings. The molecule has 0 N–H and O–H groups in total. The van der Waals surface area contributed by atoms with Gasteiger partial charge in [-0.05, 0) is 37.8 Å². The van der Waals surface area contributed by atoms with Crippen LogP contribution in [0.1, 0.15) is 36.2 Å². The molecule has 3 atom stereocenters. The minimum atomic E-state index is -0.415. The summed E-state index contributed by atoms with van der Waals surface area (Å²) in [6, 6.07) is 8.17. The average Bonchev–Trinajstić information content (AvgIpc) is 3.06. The van der Waals surface area contributed by atoms with Gasteiger partial charge in [0, 0.05) is 26.2 Å². The normalized spacial score (nSPS) is 28.3. The lowest BCUT2D eigenvalue weighted by Crippen LogP contribution is -2.53. The molecule has 0 spiro atoms. The molecule has 1 aromatic heterocycles. The van der Waals surface area contributed by atoms with Gasteiger partial charge in [-0.15, -0.1) is 0 Å². The maximum atomic E-state index is 14.1. The van der Waals surface area contributed by atoms with E-state index in [1.54, 1.807) is 38.5 Å². The number of carbonyl (C=O) groups is 1. The molecule has 0 radical (unpaired) electrons. The van der Waals surface area contributed by atoms with Crippen LogP contribution < -0.4 is 0 Å². The number of aromatic nitrogens is 1. The number of para-hydroxylation sites is 1. The standard InChI is InChI=1S/C20H23FN2O3/c1-25-14-8-9-20(26-2)10-11-23(17(20)12-14)19(24)16-7-6-13-4-3-5-15(21)18(13)22-16/h3-7,14,17H,8-12H2,1-2H3/t14-,17+,20-/m1/s1. The number of hydrogen-bond donors (Lipinski definition) is 0. The van der Waals surface area contributed by atoms with Crippen LogP contribution in [-0.2, 0) is 9.47 Å². The fourth-order valence-electron chi connectivity index (χ4n) is 4.50. The van der Waals surface area contributed by atoms with Crippen LogP contribution in [0.4, 0.5) is 4.39 Å². The molecular weight excluding hydrogens is 335 g/mol. The van der Waals surface area contributed by atoms with Crippen molar-refractivity contribution in [1.82, 2.24) is 9.88 Å². The molecule has 2 heterocycles. The van der Waals surface area contributed by atoms with Crippen molar-refractivity contribution < 1.29 is 18.7 Å². The maximum Gasteiger partial charge on any atom is 0.272 e. The first-order valence-electron chi connectivity index (χ1n) is 9.02. The highest BCUT2D eigenvalue weighted by Crippen LogP contribution is 2.43. The quantitative estimate of drug-likeness (QED) is 0.846. The second kappa shape index (κ2) is 6.59. The Morgan fingerprint density at radius 2 is 2.12 bits per heavy atom. The van der Waals surface area contributed by atoms with E-state index in [9.17, 15) is 9.18 Å². The number of hydrogen-bond acceptors (Lipinski definition) is 4. The number of benzene rings is 1. The summed E-state index contributed by atoms with van der Waals surface area (Å²) in [6.45, 7) is 0.616. The number of likely N-dealkylation sites (tertiary alicyclic amines) is 1. The zero-order valence-corrected chi connectivity index (χ0v) is 15.1. The van der Waals surface area contributed by atoms with Crippen molar-refractivity contribution in [3.8, 4) is 0 Å². The first-order chi connectivity index (χ1) is 12.6. The first kappa shape index (κ1) is 17.4. The molecule has 26 heavy (non-hydrogen) atoms. The van der Waals surface area contributed by atoms with Crippen LogP contribution in [0.25, 0.3) is 10.9 Å². The zero-order valence-electron chi connectivity index (χ0n) is 15.1. The molecule has 1 aliphatic heterocycles. The highest BCUT2D eigenvalue weighted by atomic mass is 19.1. The zero-order chi connectivity index (χ0) is 18.3. The van der Waals surface area contributed by atoms with Gasteiger partial charge in [-0.2, -0.15) is 0 Å². The molecule has 5 nitrogen and oxygen atoms in total. The second-order valence-electron chi connectivity index (χ2n) is 7.17. The number of halogens is 1. The van der Waals surface area contributed by atoms with Gasteiger partial charge in [0.1, 0.15) is 17.0 Å². The summed E-state index contributed by atoms with van der Waals surface area (Å²) < 4.78 is 25.5. The molecule has 1 saturated heterocycles. The number of nitrogens with zero attached hydrogens (tertiary/aromatic N) is 2. The van der Waals surface area contributed by atoms with Crippen molar-refractivity contribution >= 4 is 16.8 Å². The van der Waals surface area contributed by atoms with E-state index in [-0.39, 0.29) is 34.9 Å². The molecule has 1 saturated carbocycles. The summed E-state index contributed by atoms with van der Waals surface area (Å²) >= 11 is 0. The lowest BCUT2D eigenvalue weighted by molar-refractivity contribution is -0.0894. The second-order valence-corrected chi connectivity index (χ2v) is 7.17. The Morgan fingerprint density at radius 1 is 1.27 bits per heavy atom. The van der Waals surface area contributed by atoms with Crippen molar-refractivity contribution in [3.05, 3.63) is 41.8 Å². The van der Waals surface area contributed by atoms with Gasteiger partial charge in [0.15, 0.2) is 0 Å². The van der Waals surface area contributed by atoms with Gasteiger partial charge in [-0.1, -0.05) is 18.2 Å². The number of pyridine rings is 1. The number of fused-ring (bicyclic) bond motifs is 2. The van der Waals surface area contributed by atoms with Gasteiger partial charge >= 0.3 is 0 Å². The van der Waals surface area contributed by atoms with Crippen molar-refractivity contribution in [2.45, 2.75) is 43.4 Å². The maximum absolute atomic E-state index is 14.1. The molecule has 0 unspecified atom stereocenters. The van der Waals surface area contributed by atoms with Crippen molar-refractivity contribution in [2.24, 2.45) is 0 Å². The monoisotopic (exact) mass is 358 g/mol. The van der Waals surface area contributed by atoms with E-state index in [0.717, 1.165) is 25.7 Å². The highest BCUT2D eigenvalue weighted by Gasteiger charge is 2.52. The van der Waals surface area contributed by atoms with Gasteiger partial charge in [0.2, 0.25) is 0 Å². The average molecular weight is 358 g/mol. The predicted octanol–water partition coefficient (Wildman–Crippen LogP) is 3.17. The third kappa shape index (κ3) is 2.68. The lowest BCUT2D eigenvalue weighted by atomic mass is 9.79. The van der Waals surface area contributed by atoms with Crippen molar-refractivity contribution in [2.75, 3.05) is 20.8 Å². The molecule has 1 aliphatic carbocycles. The van der Waals surface area contributed by atoms with Crippen LogP contribution >= 0.6 is 0 Å². The SMILES string of the molecule is CO[C@@H]1CC[C@@]2(OC)CCN(C(=O)c3ccc4cccc(F)c4n3)[C@H]2C1. The fraction of sp³-hybridized carbons (Fsp3) is 0.500. The smallest absolute Gasteiger partial charge is 0.272 e. The molecule has 2 aromatic rings. The molecule has 4 rings (SSSR count). The van der Waals surface area contributed by atoms with Gasteiger partial charge in [-0.25, -0.2) is 9.37 Å². The third-order valence-corrected chi connectivity index (χ3v) is 6.03.